The van der Waals surface area contributed by atoms with Gasteiger partial charge in [0.1, 0.15) is 0 Å². The molecule has 0 fully saturated rings. The van der Waals surface area contributed by atoms with Gasteiger partial charge in [0.2, 0.25) is 0 Å². The van der Waals surface area contributed by atoms with Gasteiger partial charge < -0.3 is 10.2 Å². The molecule has 0 aliphatic rings. The fraction of sp³-hybridized carbons (Fsp3) is 0.176. The number of amides is 1. The molecule has 0 atom stereocenters. The lowest BCUT2D eigenvalue weighted by molar-refractivity contribution is 0.102. The van der Waals surface area contributed by atoms with E-state index in [2.05, 4.69) is 11.4 Å². The number of rotatable bonds is 3. The summed E-state index contributed by atoms with van der Waals surface area (Å²) >= 11 is 0. The summed E-state index contributed by atoms with van der Waals surface area (Å²) in [5.41, 5.74) is 3.86. The molecule has 0 saturated heterocycles. The molecule has 0 unspecified atom stereocenters. The quantitative estimate of drug-likeness (QED) is 0.938. The lowest BCUT2D eigenvalue weighted by Crippen LogP contribution is -2.14. The molecule has 0 aliphatic carbocycles. The summed E-state index contributed by atoms with van der Waals surface area (Å²) in [5.74, 6) is -0.182. The van der Waals surface area contributed by atoms with Gasteiger partial charge in [-0.05, 0) is 48.9 Å². The Hall–Kier alpha value is -2.80. The van der Waals surface area contributed by atoms with Crippen LogP contribution in [0.1, 0.15) is 21.5 Å². The molecular formula is C17H17N3O. The lowest BCUT2D eigenvalue weighted by Gasteiger charge is -2.16. The van der Waals surface area contributed by atoms with E-state index in [1.54, 1.807) is 30.3 Å². The average molecular weight is 279 g/mol. The molecule has 2 rings (SSSR count). The molecule has 0 aromatic heterocycles. The first-order valence-electron chi connectivity index (χ1n) is 6.61. The van der Waals surface area contributed by atoms with E-state index in [4.69, 9.17) is 5.26 Å². The zero-order chi connectivity index (χ0) is 15.4. The van der Waals surface area contributed by atoms with Crippen LogP contribution in [0.2, 0.25) is 0 Å². The molecule has 1 N–H and O–H groups in total. The Morgan fingerprint density at radius 1 is 1.19 bits per heavy atom. The van der Waals surface area contributed by atoms with Crippen LogP contribution >= 0.6 is 0 Å². The monoisotopic (exact) mass is 279 g/mol. The van der Waals surface area contributed by atoms with Gasteiger partial charge >= 0.3 is 0 Å². The summed E-state index contributed by atoms with van der Waals surface area (Å²) in [6.07, 6.45) is 0. The second-order valence-corrected chi connectivity index (χ2v) is 5.04. The minimum atomic E-state index is -0.182. The maximum absolute atomic E-state index is 12.2. The van der Waals surface area contributed by atoms with E-state index in [1.165, 1.54) is 0 Å². The van der Waals surface area contributed by atoms with Gasteiger partial charge in [-0.2, -0.15) is 5.26 Å². The third-order valence-electron chi connectivity index (χ3n) is 3.19. The molecule has 2 aromatic carbocycles. The maximum atomic E-state index is 12.2. The fourth-order valence-corrected chi connectivity index (χ4v) is 2.17. The fourth-order valence-electron chi connectivity index (χ4n) is 2.17. The Labute approximate surface area is 124 Å². The Bertz CT molecular complexity index is 714. The van der Waals surface area contributed by atoms with Crippen LogP contribution in [-0.2, 0) is 0 Å². The normalized spacial score (nSPS) is 9.81. The van der Waals surface area contributed by atoms with Crippen LogP contribution in [-0.4, -0.2) is 20.0 Å². The largest absolute Gasteiger partial charge is 0.377 e. The van der Waals surface area contributed by atoms with Crippen LogP contribution in [0.5, 0.6) is 0 Å². The van der Waals surface area contributed by atoms with Crippen LogP contribution in [0.4, 0.5) is 11.4 Å². The van der Waals surface area contributed by atoms with Crippen molar-refractivity contribution in [3.8, 4) is 6.07 Å². The highest BCUT2D eigenvalue weighted by molar-refractivity contribution is 6.04. The molecule has 106 valence electrons. The van der Waals surface area contributed by atoms with Crippen LogP contribution < -0.4 is 10.2 Å². The second-order valence-electron chi connectivity index (χ2n) is 5.04. The van der Waals surface area contributed by atoms with Gasteiger partial charge in [0, 0.05) is 31.0 Å². The Morgan fingerprint density at radius 2 is 1.95 bits per heavy atom. The van der Waals surface area contributed by atoms with Gasteiger partial charge in [-0.3, -0.25) is 4.79 Å². The predicted molar refractivity (Wildman–Crippen MR) is 84.6 cm³/mol. The molecule has 21 heavy (non-hydrogen) atoms. The molecule has 1 amide bonds. The molecule has 4 nitrogen and oxygen atoms in total. The number of aryl methyl sites for hydroxylation is 1. The number of carbonyl (C=O) groups excluding carboxylic acids is 1. The summed E-state index contributed by atoms with van der Waals surface area (Å²) in [5, 5.41) is 11.7. The van der Waals surface area contributed by atoms with Crippen LogP contribution in [0.3, 0.4) is 0 Å². The first-order chi connectivity index (χ1) is 10.0. The van der Waals surface area contributed by atoms with Gasteiger partial charge in [0.15, 0.2) is 0 Å². The maximum Gasteiger partial charge on any atom is 0.255 e. The number of hydrogen-bond acceptors (Lipinski definition) is 3. The molecule has 0 aliphatic heterocycles. The van der Waals surface area contributed by atoms with Crippen molar-refractivity contribution in [3.63, 3.8) is 0 Å². The van der Waals surface area contributed by atoms with E-state index in [0.29, 0.717) is 16.8 Å². The number of nitrogens with zero attached hydrogens (tertiary/aromatic N) is 2. The SMILES string of the molecule is Cc1cc(C(=O)Nc2cccc(C#N)c2)ccc1N(C)C. The Morgan fingerprint density at radius 3 is 2.57 bits per heavy atom. The van der Waals surface area contributed by atoms with E-state index in [-0.39, 0.29) is 5.91 Å². The minimum Gasteiger partial charge on any atom is -0.377 e. The predicted octanol–water partition coefficient (Wildman–Crippen LogP) is 3.19. The molecule has 4 heteroatoms. The van der Waals surface area contributed by atoms with Crippen molar-refractivity contribution in [1.29, 1.82) is 5.26 Å². The van der Waals surface area contributed by atoms with Gasteiger partial charge in [-0.25, -0.2) is 0 Å². The highest BCUT2D eigenvalue weighted by Crippen LogP contribution is 2.20. The standard InChI is InChI=1S/C17H17N3O/c1-12-9-14(7-8-16(12)20(2)3)17(21)19-15-6-4-5-13(10-15)11-18/h4-10H,1-3H3,(H,19,21). The van der Waals surface area contributed by atoms with E-state index in [1.807, 2.05) is 38.1 Å². The van der Waals surface area contributed by atoms with Crippen molar-refractivity contribution < 1.29 is 4.79 Å². The zero-order valence-electron chi connectivity index (χ0n) is 12.3. The smallest absolute Gasteiger partial charge is 0.255 e. The van der Waals surface area contributed by atoms with E-state index in [0.717, 1.165) is 11.3 Å². The Kier molecular flexibility index (Phi) is 4.24. The van der Waals surface area contributed by atoms with Crippen molar-refractivity contribution in [1.82, 2.24) is 0 Å². The molecule has 0 bridgehead atoms. The number of nitrogens with one attached hydrogen (secondary N) is 1. The van der Waals surface area contributed by atoms with E-state index >= 15 is 0 Å². The van der Waals surface area contributed by atoms with Crippen LogP contribution in [0.25, 0.3) is 0 Å². The molecular weight excluding hydrogens is 262 g/mol. The zero-order valence-corrected chi connectivity index (χ0v) is 12.3. The molecule has 0 saturated carbocycles. The molecule has 2 aromatic rings. The third-order valence-corrected chi connectivity index (χ3v) is 3.19. The number of nitriles is 1. The summed E-state index contributed by atoms with van der Waals surface area (Å²) in [6, 6.07) is 14.5. The lowest BCUT2D eigenvalue weighted by atomic mass is 10.1. The number of anilines is 2. The number of benzene rings is 2. The average Bonchev–Trinajstić information content (AvgIpc) is 2.46. The van der Waals surface area contributed by atoms with Crippen molar-refractivity contribution in [2.24, 2.45) is 0 Å². The third kappa shape index (κ3) is 3.40. The highest BCUT2D eigenvalue weighted by Gasteiger charge is 2.09. The summed E-state index contributed by atoms with van der Waals surface area (Å²) in [4.78, 5) is 14.2. The van der Waals surface area contributed by atoms with Gasteiger partial charge in [0.05, 0.1) is 11.6 Å². The van der Waals surface area contributed by atoms with Crippen molar-refractivity contribution in [2.75, 3.05) is 24.3 Å². The summed E-state index contributed by atoms with van der Waals surface area (Å²) in [6.45, 7) is 1.97. The molecule has 0 spiro atoms. The van der Waals surface area contributed by atoms with E-state index < -0.39 is 0 Å². The Balaban J connectivity index is 2.21. The summed E-state index contributed by atoms with van der Waals surface area (Å²) in [7, 11) is 3.94. The van der Waals surface area contributed by atoms with Crippen LogP contribution in [0.15, 0.2) is 42.5 Å². The first kappa shape index (κ1) is 14.6. The van der Waals surface area contributed by atoms with Crippen LogP contribution in [0, 0.1) is 18.3 Å². The minimum absolute atomic E-state index is 0.182. The summed E-state index contributed by atoms with van der Waals surface area (Å²) < 4.78 is 0. The van der Waals surface area contributed by atoms with Crippen molar-refractivity contribution in [3.05, 3.63) is 59.2 Å². The first-order valence-corrected chi connectivity index (χ1v) is 6.61. The molecule has 0 heterocycles. The van der Waals surface area contributed by atoms with E-state index in [9.17, 15) is 4.79 Å². The highest BCUT2D eigenvalue weighted by atomic mass is 16.1. The van der Waals surface area contributed by atoms with Gasteiger partial charge in [-0.1, -0.05) is 6.07 Å². The van der Waals surface area contributed by atoms with Crippen molar-refractivity contribution in [2.45, 2.75) is 6.92 Å². The van der Waals surface area contributed by atoms with Crippen molar-refractivity contribution >= 4 is 17.3 Å². The number of hydrogen-bond donors (Lipinski definition) is 1. The van der Waals surface area contributed by atoms with Gasteiger partial charge in [0.25, 0.3) is 5.91 Å². The van der Waals surface area contributed by atoms with Gasteiger partial charge in [-0.15, -0.1) is 0 Å². The second kappa shape index (κ2) is 6.10. The number of carbonyl (C=O) groups is 1. The molecule has 0 radical (unpaired) electrons. The topological polar surface area (TPSA) is 56.1 Å².